The lowest BCUT2D eigenvalue weighted by Crippen LogP contribution is -2.30. The molecule has 0 saturated heterocycles. The molecule has 0 heterocycles. The number of allylic oxidation sites excluding steroid dienone is 20. The van der Waals surface area contributed by atoms with E-state index in [1.54, 1.807) is 0 Å². The molecule has 0 fully saturated rings. The molecule has 0 saturated carbocycles. The molecule has 0 aliphatic rings. The van der Waals surface area contributed by atoms with Gasteiger partial charge in [0.1, 0.15) is 13.2 Å². The summed E-state index contributed by atoms with van der Waals surface area (Å²) in [4.78, 5) is 38.5. The van der Waals surface area contributed by atoms with Gasteiger partial charge in [0.25, 0.3) is 0 Å². The van der Waals surface area contributed by atoms with Gasteiger partial charge in [0.05, 0.1) is 0 Å². The Kier molecular flexibility index (Phi) is 66.7. The molecule has 474 valence electrons. The molecule has 1 atom stereocenters. The van der Waals surface area contributed by atoms with Gasteiger partial charge >= 0.3 is 17.9 Å². The summed E-state index contributed by atoms with van der Waals surface area (Å²) in [7, 11) is 0. The summed E-state index contributed by atoms with van der Waals surface area (Å²) in [6, 6.07) is 0. The van der Waals surface area contributed by atoms with E-state index in [0.717, 1.165) is 135 Å². The topological polar surface area (TPSA) is 78.9 Å². The molecule has 0 aliphatic carbocycles. The number of esters is 3. The SMILES string of the molecule is CC/C=C\C/C=C\C/C=C\C/C=C\C/C=C\C/C=C\CCCCCCC(=O)OC(COC(=O)CCCCCCCCCCCCCCCCC)COC(=O)CCCCCCCCCCCCCCCC/C=C\C/C=C\C/C=C\C/C=C\CC. The summed E-state index contributed by atoms with van der Waals surface area (Å²) < 4.78 is 17.0. The highest BCUT2D eigenvalue weighted by molar-refractivity contribution is 5.71. The highest BCUT2D eigenvalue weighted by atomic mass is 16.6. The molecule has 6 heteroatoms. The average molecular weight is 1150 g/mol. The minimum Gasteiger partial charge on any atom is -0.462 e. The fraction of sp³-hybridized carbons (Fsp3) is 0.701. The first-order chi connectivity index (χ1) is 41.0. The quantitative estimate of drug-likeness (QED) is 0.0261. The molecule has 0 aromatic rings. The maximum Gasteiger partial charge on any atom is 0.306 e. The Bertz CT molecular complexity index is 1700. The van der Waals surface area contributed by atoms with E-state index in [-0.39, 0.29) is 31.1 Å². The van der Waals surface area contributed by atoms with E-state index in [9.17, 15) is 14.4 Å². The minimum atomic E-state index is -0.795. The summed E-state index contributed by atoms with van der Waals surface area (Å²) in [5.41, 5.74) is 0. The zero-order valence-corrected chi connectivity index (χ0v) is 54.4. The van der Waals surface area contributed by atoms with Crippen LogP contribution in [0.15, 0.2) is 122 Å². The van der Waals surface area contributed by atoms with Crippen LogP contribution in [-0.4, -0.2) is 37.2 Å². The van der Waals surface area contributed by atoms with Crippen molar-refractivity contribution in [1.29, 1.82) is 0 Å². The van der Waals surface area contributed by atoms with E-state index in [1.807, 2.05) is 0 Å². The molecule has 0 aliphatic heterocycles. The fourth-order valence-corrected chi connectivity index (χ4v) is 9.79. The van der Waals surface area contributed by atoms with Gasteiger partial charge in [-0.2, -0.15) is 0 Å². The van der Waals surface area contributed by atoms with Crippen LogP contribution in [0.1, 0.15) is 329 Å². The number of hydrogen-bond donors (Lipinski definition) is 0. The monoisotopic (exact) mass is 1150 g/mol. The van der Waals surface area contributed by atoms with Gasteiger partial charge in [-0.1, -0.05) is 322 Å². The lowest BCUT2D eigenvalue weighted by molar-refractivity contribution is -0.167. The number of unbranched alkanes of at least 4 members (excludes halogenated alkanes) is 32. The zero-order valence-electron chi connectivity index (χ0n) is 54.4. The highest BCUT2D eigenvalue weighted by Gasteiger charge is 2.19. The lowest BCUT2D eigenvalue weighted by atomic mass is 10.0. The van der Waals surface area contributed by atoms with Crippen LogP contribution in [0.25, 0.3) is 0 Å². The number of ether oxygens (including phenoxy) is 3. The molecule has 0 aromatic heterocycles. The van der Waals surface area contributed by atoms with Crippen molar-refractivity contribution >= 4 is 17.9 Å². The normalized spacial score (nSPS) is 12.9. The van der Waals surface area contributed by atoms with Crippen molar-refractivity contribution in [2.45, 2.75) is 335 Å². The molecule has 0 amide bonds. The first-order valence-corrected chi connectivity index (χ1v) is 35.0. The van der Waals surface area contributed by atoms with Gasteiger partial charge in [0, 0.05) is 19.3 Å². The predicted molar refractivity (Wildman–Crippen MR) is 362 cm³/mol. The molecule has 0 radical (unpaired) electrons. The van der Waals surface area contributed by atoms with E-state index in [0.29, 0.717) is 19.3 Å². The van der Waals surface area contributed by atoms with Gasteiger partial charge in [-0.15, -0.1) is 0 Å². The lowest BCUT2D eigenvalue weighted by Gasteiger charge is -2.18. The third kappa shape index (κ3) is 68.5. The number of carbonyl (C=O) groups is 3. The van der Waals surface area contributed by atoms with Crippen LogP contribution in [0.5, 0.6) is 0 Å². The third-order valence-corrected chi connectivity index (χ3v) is 15.0. The largest absolute Gasteiger partial charge is 0.462 e. The van der Waals surface area contributed by atoms with Crippen molar-refractivity contribution in [3.05, 3.63) is 122 Å². The summed E-state index contributed by atoms with van der Waals surface area (Å²) in [5, 5.41) is 0. The number of hydrogen-bond acceptors (Lipinski definition) is 6. The molecule has 0 bridgehead atoms. The van der Waals surface area contributed by atoms with Crippen LogP contribution in [0, 0.1) is 0 Å². The maximum atomic E-state index is 13.0. The van der Waals surface area contributed by atoms with E-state index in [4.69, 9.17) is 14.2 Å². The Morgan fingerprint density at radius 1 is 0.253 bits per heavy atom. The van der Waals surface area contributed by atoms with E-state index >= 15 is 0 Å². The van der Waals surface area contributed by atoms with Gasteiger partial charge in [-0.05, 0) is 109 Å². The average Bonchev–Trinajstić information content (AvgIpc) is 3.49. The Labute approximate surface area is 513 Å². The van der Waals surface area contributed by atoms with Crippen LogP contribution in [-0.2, 0) is 28.6 Å². The molecule has 1 unspecified atom stereocenters. The van der Waals surface area contributed by atoms with Gasteiger partial charge in [-0.25, -0.2) is 0 Å². The number of carbonyl (C=O) groups excluding carboxylic acids is 3. The van der Waals surface area contributed by atoms with Crippen LogP contribution >= 0.6 is 0 Å². The Hall–Kier alpha value is -4.19. The highest BCUT2D eigenvalue weighted by Crippen LogP contribution is 2.17. The second kappa shape index (κ2) is 70.3. The first kappa shape index (κ1) is 78.8. The molecular formula is C77H130O6. The van der Waals surface area contributed by atoms with Crippen molar-refractivity contribution in [3.63, 3.8) is 0 Å². The van der Waals surface area contributed by atoms with Crippen molar-refractivity contribution in [2.75, 3.05) is 13.2 Å². The molecule has 83 heavy (non-hydrogen) atoms. The molecule has 0 aromatic carbocycles. The Morgan fingerprint density at radius 2 is 0.470 bits per heavy atom. The van der Waals surface area contributed by atoms with Crippen molar-refractivity contribution < 1.29 is 28.6 Å². The number of rotatable bonds is 63. The minimum absolute atomic E-state index is 0.0870. The van der Waals surface area contributed by atoms with E-state index in [1.165, 1.54) is 154 Å². The standard InChI is InChI=1S/C77H130O6/c1-4-7-10-13-16-19-22-25-28-30-32-34-36-37-38-39-41-42-44-46-49-52-55-58-61-64-67-70-76(79)82-73-74(72-81-75(78)69-66-63-60-57-54-51-48-27-24-21-18-15-12-9-6-3)83-77(80)71-68-65-62-59-56-53-50-47-45-43-40-35-33-31-29-26-23-20-17-14-11-8-5-2/h7-8,10-11,16-17,19-20,25-26,28-29,32-35,43,45,50,53,74H,4-6,9,12-15,18,21-24,27,30-31,36-42,44,46-49,51-52,54-73H2,1-3H3/b10-7-,11-8-,19-16-,20-17-,28-25-,29-26-,34-32-,35-33-,45-43-,53-50-. The second-order valence-corrected chi connectivity index (χ2v) is 23.0. The van der Waals surface area contributed by atoms with Crippen LogP contribution in [0.2, 0.25) is 0 Å². The maximum absolute atomic E-state index is 13.0. The van der Waals surface area contributed by atoms with Gasteiger partial charge < -0.3 is 14.2 Å². The summed E-state index contributed by atoms with van der Waals surface area (Å²) in [5.74, 6) is -0.899. The fourth-order valence-electron chi connectivity index (χ4n) is 9.79. The summed E-state index contributed by atoms with van der Waals surface area (Å²) in [6.45, 7) is 6.43. The molecule has 6 nitrogen and oxygen atoms in total. The Morgan fingerprint density at radius 3 is 0.735 bits per heavy atom. The van der Waals surface area contributed by atoms with Crippen LogP contribution in [0.3, 0.4) is 0 Å². The second-order valence-electron chi connectivity index (χ2n) is 23.0. The third-order valence-electron chi connectivity index (χ3n) is 15.0. The first-order valence-electron chi connectivity index (χ1n) is 35.0. The van der Waals surface area contributed by atoms with Crippen molar-refractivity contribution in [3.8, 4) is 0 Å². The Balaban J connectivity index is 4.37. The van der Waals surface area contributed by atoms with Gasteiger partial charge in [-0.3, -0.25) is 14.4 Å². The van der Waals surface area contributed by atoms with Gasteiger partial charge in [0.15, 0.2) is 6.10 Å². The molecule has 0 N–H and O–H groups in total. The molecule has 0 spiro atoms. The molecule has 0 rings (SSSR count). The van der Waals surface area contributed by atoms with Crippen molar-refractivity contribution in [1.82, 2.24) is 0 Å². The zero-order chi connectivity index (χ0) is 59.9. The van der Waals surface area contributed by atoms with Crippen LogP contribution < -0.4 is 0 Å². The smallest absolute Gasteiger partial charge is 0.306 e. The van der Waals surface area contributed by atoms with E-state index < -0.39 is 6.10 Å². The predicted octanol–water partition coefficient (Wildman–Crippen LogP) is 24.3. The molecular weight excluding hydrogens is 1020 g/mol. The van der Waals surface area contributed by atoms with Gasteiger partial charge in [0.2, 0.25) is 0 Å². The van der Waals surface area contributed by atoms with E-state index in [2.05, 4.69) is 142 Å². The van der Waals surface area contributed by atoms with Crippen LogP contribution in [0.4, 0.5) is 0 Å². The van der Waals surface area contributed by atoms with Crippen molar-refractivity contribution in [2.24, 2.45) is 0 Å². The summed E-state index contributed by atoms with van der Waals surface area (Å²) >= 11 is 0. The summed E-state index contributed by atoms with van der Waals surface area (Å²) in [6.07, 6.45) is 97.9.